The number of hydrogen-bond donors (Lipinski definition) is 1. The molecule has 1 aliphatic heterocycles. The van der Waals surface area contributed by atoms with E-state index in [1.165, 1.54) is 32.3 Å². The number of nitrogens with one attached hydrogen (secondary N) is 1. The van der Waals surface area contributed by atoms with Gasteiger partial charge in [-0.25, -0.2) is 12.7 Å². The fourth-order valence-electron chi connectivity index (χ4n) is 2.71. The summed E-state index contributed by atoms with van der Waals surface area (Å²) in [5.74, 6) is -0.328. The Bertz CT molecular complexity index is 699. The predicted molar refractivity (Wildman–Crippen MR) is 94.9 cm³/mol. The summed E-state index contributed by atoms with van der Waals surface area (Å²) in [7, 11) is -0.706. The van der Waals surface area contributed by atoms with Crippen LogP contribution in [-0.4, -0.2) is 63.3 Å². The van der Waals surface area contributed by atoms with Crippen LogP contribution in [0.25, 0.3) is 0 Å². The van der Waals surface area contributed by atoms with Gasteiger partial charge in [-0.15, -0.1) is 0 Å². The Morgan fingerprint density at radius 3 is 2.50 bits per heavy atom. The molecule has 0 aliphatic carbocycles. The van der Waals surface area contributed by atoms with Crippen LogP contribution in [0.3, 0.4) is 0 Å². The zero-order valence-corrected chi connectivity index (χ0v) is 15.8. The molecule has 1 aromatic carbocycles. The van der Waals surface area contributed by atoms with Crippen molar-refractivity contribution in [1.82, 2.24) is 14.5 Å². The second-order valence-corrected chi connectivity index (χ2v) is 8.67. The molecule has 1 saturated heterocycles. The summed E-state index contributed by atoms with van der Waals surface area (Å²) in [5.41, 5.74) is 0.192. The van der Waals surface area contributed by atoms with Crippen LogP contribution in [-0.2, 0) is 10.0 Å². The van der Waals surface area contributed by atoms with Crippen LogP contribution in [0.1, 0.15) is 30.1 Å². The molecule has 134 valence electrons. The van der Waals surface area contributed by atoms with Crippen LogP contribution in [0.15, 0.2) is 23.1 Å². The number of rotatable bonds is 5. The minimum atomic E-state index is -3.61. The number of carbonyl (C=O) groups excluding carboxylic acids is 1. The molecule has 1 N–H and O–H groups in total. The normalized spacial score (nSPS) is 17.2. The van der Waals surface area contributed by atoms with Gasteiger partial charge in [0.1, 0.15) is 0 Å². The molecule has 0 atom stereocenters. The Balaban J connectivity index is 2.15. The lowest BCUT2D eigenvalue weighted by Gasteiger charge is -2.31. The minimum absolute atomic E-state index is 0.0582. The van der Waals surface area contributed by atoms with Crippen LogP contribution >= 0.6 is 11.6 Å². The number of likely N-dealkylation sites (tertiary alicyclic amines) is 1. The molecule has 1 heterocycles. The van der Waals surface area contributed by atoms with Gasteiger partial charge in [0.25, 0.3) is 5.91 Å². The van der Waals surface area contributed by atoms with Crippen molar-refractivity contribution >= 4 is 27.5 Å². The molecule has 1 aromatic rings. The molecule has 24 heavy (non-hydrogen) atoms. The molecule has 1 fully saturated rings. The van der Waals surface area contributed by atoms with Crippen LogP contribution in [0, 0.1) is 0 Å². The summed E-state index contributed by atoms with van der Waals surface area (Å²) >= 11 is 6.11. The lowest BCUT2D eigenvalue weighted by Crippen LogP contribution is -2.44. The maximum absolute atomic E-state index is 12.5. The zero-order chi connectivity index (χ0) is 17.9. The Morgan fingerprint density at radius 1 is 1.33 bits per heavy atom. The molecule has 0 unspecified atom stereocenters. The number of carbonyl (C=O) groups is 1. The Hall–Kier alpha value is -1.15. The number of benzene rings is 1. The highest BCUT2D eigenvalue weighted by Crippen LogP contribution is 2.22. The Labute approximate surface area is 148 Å². The highest BCUT2D eigenvalue weighted by Gasteiger charge is 2.24. The van der Waals surface area contributed by atoms with Gasteiger partial charge >= 0.3 is 0 Å². The van der Waals surface area contributed by atoms with E-state index in [0.717, 1.165) is 36.8 Å². The van der Waals surface area contributed by atoms with E-state index in [1.54, 1.807) is 0 Å². The van der Waals surface area contributed by atoms with E-state index in [4.69, 9.17) is 11.6 Å². The smallest absolute Gasteiger partial charge is 0.253 e. The monoisotopic (exact) mass is 373 g/mol. The average Bonchev–Trinajstić information content (AvgIpc) is 2.55. The second-order valence-electron chi connectivity index (χ2n) is 6.11. The third-order valence-corrected chi connectivity index (χ3v) is 6.47. The summed E-state index contributed by atoms with van der Waals surface area (Å²) < 4.78 is 25.6. The van der Waals surface area contributed by atoms with Crippen LogP contribution in [0.4, 0.5) is 0 Å². The van der Waals surface area contributed by atoms with Gasteiger partial charge < -0.3 is 10.2 Å². The highest BCUT2D eigenvalue weighted by atomic mass is 35.5. The molecule has 2 rings (SSSR count). The van der Waals surface area contributed by atoms with Gasteiger partial charge in [-0.05, 0) is 37.6 Å². The molecule has 1 amide bonds. The van der Waals surface area contributed by atoms with Gasteiger partial charge in [-0.3, -0.25) is 4.79 Å². The number of amides is 1. The van der Waals surface area contributed by atoms with Gasteiger partial charge in [0.05, 0.1) is 15.5 Å². The highest BCUT2D eigenvalue weighted by molar-refractivity contribution is 7.89. The molecule has 0 aromatic heterocycles. The van der Waals surface area contributed by atoms with Gasteiger partial charge in [0, 0.05) is 33.2 Å². The average molecular weight is 374 g/mol. The van der Waals surface area contributed by atoms with Crippen molar-refractivity contribution < 1.29 is 13.2 Å². The van der Waals surface area contributed by atoms with Gasteiger partial charge in [-0.2, -0.15) is 0 Å². The topological polar surface area (TPSA) is 69.7 Å². The first kappa shape index (κ1) is 19.2. The van der Waals surface area contributed by atoms with E-state index in [1.807, 2.05) is 0 Å². The van der Waals surface area contributed by atoms with Crippen LogP contribution in [0.5, 0.6) is 0 Å². The maximum Gasteiger partial charge on any atom is 0.253 e. The van der Waals surface area contributed by atoms with E-state index in [2.05, 4.69) is 17.1 Å². The maximum atomic E-state index is 12.5. The third-order valence-electron chi connectivity index (χ3n) is 4.33. The fourth-order valence-corrected chi connectivity index (χ4v) is 3.84. The molecule has 0 spiro atoms. The van der Waals surface area contributed by atoms with Crippen molar-refractivity contribution in [2.75, 3.05) is 33.7 Å². The molecular weight excluding hydrogens is 350 g/mol. The van der Waals surface area contributed by atoms with Crippen LogP contribution < -0.4 is 5.32 Å². The largest absolute Gasteiger partial charge is 0.349 e. The molecule has 0 radical (unpaired) electrons. The summed E-state index contributed by atoms with van der Waals surface area (Å²) in [6.45, 7) is 5.03. The van der Waals surface area contributed by atoms with Gasteiger partial charge in [-0.1, -0.05) is 18.5 Å². The fraction of sp³-hybridized carbons (Fsp3) is 0.562. The summed E-state index contributed by atoms with van der Waals surface area (Å²) in [5, 5.41) is 3.22. The van der Waals surface area contributed by atoms with E-state index in [-0.39, 0.29) is 27.4 Å². The third kappa shape index (κ3) is 4.27. The minimum Gasteiger partial charge on any atom is -0.349 e. The summed E-state index contributed by atoms with van der Waals surface area (Å²) in [6, 6.07) is 4.29. The van der Waals surface area contributed by atoms with Crippen molar-refractivity contribution in [1.29, 1.82) is 0 Å². The molecule has 6 nitrogen and oxygen atoms in total. The van der Waals surface area contributed by atoms with E-state index in [0.29, 0.717) is 0 Å². The SMILES string of the molecule is CCN1CCC(NC(=O)c2cc(S(=O)(=O)N(C)C)ccc2Cl)CC1. The van der Waals surface area contributed by atoms with Gasteiger partial charge in [0.2, 0.25) is 10.0 Å². The molecular formula is C16H24ClN3O3S. The molecule has 0 bridgehead atoms. The first-order valence-corrected chi connectivity index (χ1v) is 9.82. The van der Waals surface area contributed by atoms with E-state index >= 15 is 0 Å². The number of sulfonamides is 1. The quantitative estimate of drug-likeness (QED) is 0.854. The summed E-state index contributed by atoms with van der Waals surface area (Å²) in [4.78, 5) is 14.9. The van der Waals surface area contributed by atoms with Crippen molar-refractivity contribution in [2.24, 2.45) is 0 Å². The lowest BCUT2D eigenvalue weighted by molar-refractivity contribution is 0.0912. The van der Waals surface area contributed by atoms with Crippen molar-refractivity contribution in [3.63, 3.8) is 0 Å². The van der Waals surface area contributed by atoms with Crippen molar-refractivity contribution in [3.05, 3.63) is 28.8 Å². The van der Waals surface area contributed by atoms with Crippen LogP contribution in [0.2, 0.25) is 5.02 Å². The van der Waals surface area contributed by atoms with Crippen molar-refractivity contribution in [2.45, 2.75) is 30.7 Å². The Kier molecular flexibility index (Phi) is 6.25. The molecule has 8 heteroatoms. The number of piperidine rings is 1. The molecule has 0 saturated carbocycles. The second kappa shape index (κ2) is 7.82. The first-order valence-electron chi connectivity index (χ1n) is 8.01. The standard InChI is InChI=1S/C16H24ClN3O3S/c1-4-20-9-7-12(8-10-20)18-16(21)14-11-13(5-6-15(14)17)24(22,23)19(2)3/h5-6,11-12H,4,7-10H2,1-3H3,(H,18,21). The lowest BCUT2D eigenvalue weighted by atomic mass is 10.0. The zero-order valence-electron chi connectivity index (χ0n) is 14.3. The number of nitrogens with zero attached hydrogens (tertiary/aromatic N) is 2. The predicted octanol–water partition coefficient (Wildman–Crippen LogP) is 1.80. The number of halogens is 1. The first-order chi connectivity index (χ1) is 11.3. The van der Waals surface area contributed by atoms with Gasteiger partial charge in [0.15, 0.2) is 0 Å². The van der Waals surface area contributed by atoms with Crippen molar-refractivity contribution in [3.8, 4) is 0 Å². The number of hydrogen-bond acceptors (Lipinski definition) is 4. The van der Waals surface area contributed by atoms with E-state index in [9.17, 15) is 13.2 Å². The Morgan fingerprint density at radius 2 is 1.96 bits per heavy atom. The summed E-state index contributed by atoms with van der Waals surface area (Å²) in [6.07, 6.45) is 1.76. The van der Waals surface area contributed by atoms with E-state index < -0.39 is 10.0 Å². The molecule has 1 aliphatic rings.